The number of nitrogen functional groups attached to an aromatic ring is 1. The molecule has 2 rings (SSSR count). The molecule has 1 heterocycles. The highest BCUT2D eigenvalue weighted by molar-refractivity contribution is 5.75. The molecule has 1 saturated heterocycles. The van der Waals surface area contributed by atoms with Crippen LogP contribution in [0.2, 0.25) is 0 Å². The SMILES string of the molecule is CC1CCC(CN(CC(N)=O)Cc2cccc(N)c2)O1. The Bertz CT molecular complexity index is 464. The predicted octanol–water partition coefficient (Wildman–Crippen LogP) is 1.12. The molecule has 1 aliphatic rings. The fraction of sp³-hybridized carbons (Fsp3) is 0.533. The molecule has 1 aromatic carbocycles. The van der Waals surface area contributed by atoms with Gasteiger partial charge in [0.1, 0.15) is 0 Å². The summed E-state index contributed by atoms with van der Waals surface area (Å²) in [5, 5.41) is 0. The fourth-order valence-electron chi connectivity index (χ4n) is 2.66. The minimum atomic E-state index is -0.319. The van der Waals surface area contributed by atoms with Gasteiger partial charge in [0.15, 0.2) is 0 Å². The van der Waals surface area contributed by atoms with Crippen LogP contribution < -0.4 is 11.5 Å². The first-order valence-corrected chi connectivity index (χ1v) is 7.03. The molecular weight excluding hydrogens is 254 g/mol. The van der Waals surface area contributed by atoms with E-state index in [4.69, 9.17) is 16.2 Å². The van der Waals surface area contributed by atoms with Crippen molar-refractivity contribution in [2.75, 3.05) is 18.8 Å². The number of hydrogen-bond acceptors (Lipinski definition) is 4. The van der Waals surface area contributed by atoms with Crippen LogP contribution in [-0.2, 0) is 16.1 Å². The zero-order valence-corrected chi connectivity index (χ0v) is 11.9. The Hall–Kier alpha value is -1.59. The van der Waals surface area contributed by atoms with E-state index in [2.05, 4.69) is 6.92 Å². The fourth-order valence-corrected chi connectivity index (χ4v) is 2.66. The molecule has 1 amide bonds. The summed E-state index contributed by atoms with van der Waals surface area (Å²) in [6.45, 7) is 3.70. The topological polar surface area (TPSA) is 81.6 Å². The molecule has 5 nitrogen and oxygen atoms in total. The molecule has 20 heavy (non-hydrogen) atoms. The number of anilines is 1. The van der Waals surface area contributed by atoms with Crippen molar-refractivity contribution in [3.8, 4) is 0 Å². The van der Waals surface area contributed by atoms with Crippen molar-refractivity contribution in [3.63, 3.8) is 0 Å². The zero-order valence-electron chi connectivity index (χ0n) is 11.9. The smallest absolute Gasteiger partial charge is 0.231 e. The van der Waals surface area contributed by atoms with Gasteiger partial charge >= 0.3 is 0 Å². The van der Waals surface area contributed by atoms with Gasteiger partial charge in [-0.2, -0.15) is 0 Å². The summed E-state index contributed by atoms with van der Waals surface area (Å²) < 4.78 is 5.82. The van der Waals surface area contributed by atoms with E-state index in [0.29, 0.717) is 12.6 Å². The van der Waals surface area contributed by atoms with E-state index < -0.39 is 0 Å². The van der Waals surface area contributed by atoms with E-state index in [1.165, 1.54) is 0 Å². The van der Waals surface area contributed by atoms with Crippen molar-refractivity contribution in [3.05, 3.63) is 29.8 Å². The third-order valence-corrected chi connectivity index (χ3v) is 3.52. The Morgan fingerprint density at radius 1 is 1.45 bits per heavy atom. The Morgan fingerprint density at radius 3 is 2.85 bits per heavy atom. The molecule has 0 aliphatic carbocycles. The van der Waals surface area contributed by atoms with E-state index in [1.807, 2.05) is 29.2 Å². The lowest BCUT2D eigenvalue weighted by molar-refractivity contribution is -0.119. The minimum absolute atomic E-state index is 0.186. The van der Waals surface area contributed by atoms with E-state index in [0.717, 1.165) is 30.6 Å². The van der Waals surface area contributed by atoms with Gasteiger partial charge in [-0.1, -0.05) is 12.1 Å². The van der Waals surface area contributed by atoms with Crippen LogP contribution in [0.5, 0.6) is 0 Å². The molecule has 0 bridgehead atoms. The largest absolute Gasteiger partial charge is 0.399 e. The van der Waals surface area contributed by atoms with Crippen LogP contribution in [0.4, 0.5) is 5.69 Å². The predicted molar refractivity (Wildman–Crippen MR) is 78.9 cm³/mol. The molecule has 1 fully saturated rings. The Labute approximate surface area is 119 Å². The summed E-state index contributed by atoms with van der Waals surface area (Å²) in [7, 11) is 0. The first-order valence-electron chi connectivity index (χ1n) is 7.03. The first-order chi connectivity index (χ1) is 9.52. The van der Waals surface area contributed by atoms with E-state index in [1.54, 1.807) is 0 Å². The van der Waals surface area contributed by atoms with Gasteiger partial charge in [0.2, 0.25) is 5.91 Å². The summed E-state index contributed by atoms with van der Waals surface area (Å²) in [6, 6.07) is 7.69. The van der Waals surface area contributed by atoms with Gasteiger partial charge in [0, 0.05) is 18.8 Å². The molecule has 110 valence electrons. The number of carbonyl (C=O) groups is 1. The molecule has 1 aliphatic heterocycles. The maximum absolute atomic E-state index is 11.2. The highest BCUT2D eigenvalue weighted by Gasteiger charge is 2.24. The average Bonchev–Trinajstić information content (AvgIpc) is 2.73. The molecule has 4 N–H and O–H groups in total. The molecule has 0 aromatic heterocycles. The van der Waals surface area contributed by atoms with Crippen LogP contribution >= 0.6 is 0 Å². The molecular formula is C15H23N3O2. The highest BCUT2D eigenvalue weighted by Crippen LogP contribution is 2.20. The Balaban J connectivity index is 1.97. The van der Waals surface area contributed by atoms with Crippen LogP contribution in [0.15, 0.2) is 24.3 Å². The van der Waals surface area contributed by atoms with Gasteiger partial charge in [-0.15, -0.1) is 0 Å². The lowest BCUT2D eigenvalue weighted by Gasteiger charge is -2.24. The van der Waals surface area contributed by atoms with Gasteiger partial charge < -0.3 is 16.2 Å². The van der Waals surface area contributed by atoms with Gasteiger partial charge in [0.25, 0.3) is 0 Å². The number of nitrogens with zero attached hydrogens (tertiary/aromatic N) is 1. The third kappa shape index (κ3) is 4.51. The summed E-state index contributed by atoms with van der Waals surface area (Å²) in [5.41, 5.74) is 12.9. The number of carbonyl (C=O) groups excluding carboxylic acids is 1. The lowest BCUT2D eigenvalue weighted by atomic mass is 10.1. The van der Waals surface area contributed by atoms with E-state index in [-0.39, 0.29) is 18.6 Å². The second-order valence-corrected chi connectivity index (χ2v) is 5.53. The van der Waals surface area contributed by atoms with Crippen LogP contribution in [-0.4, -0.2) is 36.1 Å². The van der Waals surface area contributed by atoms with Crippen LogP contribution in [0.25, 0.3) is 0 Å². The highest BCUT2D eigenvalue weighted by atomic mass is 16.5. The van der Waals surface area contributed by atoms with Crippen molar-refractivity contribution in [1.82, 2.24) is 4.90 Å². The second kappa shape index (κ2) is 6.72. The number of benzene rings is 1. The van der Waals surface area contributed by atoms with Gasteiger partial charge in [-0.25, -0.2) is 0 Å². The first kappa shape index (κ1) is 14.8. The van der Waals surface area contributed by atoms with Crippen LogP contribution in [0.3, 0.4) is 0 Å². The van der Waals surface area contributed by atoms with Crippen molar-refractivity contribution < 1.29 is 9.53 Å². The summed E-state index contributed by atoms with van der Waals surface area (Å²) in [4.78, 5) is 13.2. The van der Waals surface area contributed by atoms with Gasteiger partial charge in [0.05, 0.1) is 18.8 Å². The van der Waals surface area contributed by atoms with Crippen molar-refractivity contribution in [1.29, 1.82) is 0 Å². The number of amides is 1. The summed E-state index contributed by atoms with van der Waals surface area (Å²) in [6.07, 6.45) is 2.61. The van der Waals surface area contributed by atoms with Gasteiger partial charge in [-0.05, 0) is 37.5 Å². The van der Waals surface area contributed by atoms with Crippen LogP contribution in [0.1, 0.15) is 25.3 Å². The zero-order chi connectivity index (χ0) is 14.5. The standard InChI is InChI=1S/C15H23N3O2/c1-11-5-6-14(20-11)9-18(10-15(17)19)8-12-3-2-4-13(16)7-12/h2-4,7,11,14H,5-6,8-10,16H2,1H3,(H2,17,19). The maximum atomic E-state index is 11.2. The van der Waals surface area contributed by atoms with Crippen LogP contribution in [0, 0.1) is 0 Å². The van der Waals surface area contributed by atoms with Crippen molar-refractivity contribution >= 4 is 11.6 Å². The number of rotatable bonds is 6. The molecule has 0 radical (unpaired) electrons. The molecule has 0 saturated carbocycles. The number of primary amides is 1. The average molecular weight is 277 g/mol. The van der Waals surface area contributed by atoms with Gasteiger partial charge in [-0.3, -0.25) is 9.69 Å². The number of nitrogens with two attached hydrogens (primary N) is 2. The monoisotopic (exact) mass is 277 g/mol. The maximum Gasteiger partial charge on any atom is 0.231 e. The second-order valence-electron chi connectivity index (χ2n) is 5.53. The third-order valence-electron chi connectivity index (χ3n) is 3.52. The lowest BCUT2D eigenvalue weighted by Crippen LogP contribution is -2.38. The van der Waals surface area contributed by atoms with E-state index >= 15 is 0 Å². The van der Waals surface area contributed by atoms with E-state index in [9.17, 15) is 4.79 Å². The van der Waals surface area contributed by atoms with Crippen molar-refractivity contribution in [2.24, 2.45) is 5.73 Å². The molecule has 1 aromatic rings. The summed E-state index contributed by atoms with van der Waals surface area (Å²) in [5.74, 6) is -0.319. The number of hydrogen-bond donors (Lipinski definition) is 2. The molecule has 5 heteroatoms. The molecule has 2 unspecified atom stereocenters. The van der Waals surface area contributed by atoms with Crippen molar-refractivity contribution in [2.45, 2.75) is 38.5 Å². The number of ether oxygens (including phenoxy) is 1. The Kier molecular flexibility index (Phi) is 4.98. The normalized spacial score (nSPS) is 22.3. The molecule has 2 atom stereocenters. The summed E-state index contributed by atoms with van der Waals surface area (Å²) >= 11 is 0. The quantitative estimate of drug-likeness (QED) is 0.764. The minimum Gasteiger partial charge on any atom is -0.399 e. The molecule has 0 spiro atoms. The Morgan fingerprint density at radius 2 is 2.25 bits per heavy atom.